The molecule has 1 amide bonds. The van der Waals surface area contributed by atoms with Crippen LogP contribution < -0.4 is 5.32 Å². The second-order valence-electron chi connectivity index (χ2n) is 3.80. The van der Waals surface area contributed by atoms with Crippen molar-refractivity contribution in [2.24, 2.45) is 0 Å². The number of nitrogens with one attached hydrogen (secondary N) is 2. The summed E-state index contributed by atoms with van der Waals surface area (Å²) in [5.74, 6) is 0.289. The molecule has 0 radical (unpaired) electrons. The number of aromatic amines is 1. The van der Waals surface area contributed by atoms with Crippen molar-refractivity contribution in [1.82, 2.24) is 24.8 Å². The first-order valence-corrected chi connectivity index (χ1v) is 6.59. The Kier molecular flexibility index (Phi) is 3.00. The maximum absolute atomic E-state index is 12.2. The van der Waals surface area contributed by atoms with Gasteiger partial charge in [0.05, 0.1) is 12.4 Å². The van der Waals surface area contributed by atoms with Crippen LogP contribution in [0.4, 0.5) is 5.82 Å². The Morgan fingerprint density at radius 1 is 1.47 bits per heavy atom. The molecule has 3 rings (SSSR count). The third-order valence-electron chi connectivity index (χ3n) is 2.62. The molecule has 0 fully saturated rings. The molecule has 0 unspecified atom stereocenters. The van der Waals surface area contributed by atoms with Gasteiger partial charge in [0, 0.05) is 23.3 Å². The summed E-state index contributed by atoms with van der Waals surface area (Å²) in [6, 6.07) is 1.75. The highest BCUT2D eigenvalue weighted by molar-refractivity contribution is 9.08. The number of anilines is 1. The molecule has 0 saturated heterocycles. The smallest absolute Gasteiger partial charge is 0.262 e. The van der Waals surface area contributed by atoms with Crippen LogP contribution in [0, 0.1) is 0 Å². The summed E-state index contributed by atoms with van der Waals surface area (Å²) in [4.78, 5) is 16.3. The van der Waals surface area contributed by atoms with Crippen molar-refractivity contribution in [3.8, 4) is 0 Å². The zero-order valence-electron chi connectivity index (χ0n) is 9.67. The lowest BCUT2D eigenvalue weighted by Crippen LogP contribution is -2.13. The molecule has 0 saturated carbocycles. The van der Waals surface area contributed by atoms with Crippen molar-refractivity contribution in [2.45, 2.75) is 5.33 Å². The number of H-pyrrole nitrogens is 1. The summed E-state index contributed by atoms with van der Waals surface area (Å²) in [6.07, 6.45) is 6.49. The van der Waals surface area contributed by atoms with E-state index in [0.717, 1.165) is 5.56 Å². The number of fused-ring (bicyclic) bond motifs is 1. The Labute approximate surface area is 116 Å². The first-order chi connectivity index (χ1) is 9.29. The molecule has 0 spiro atoms. The third-order valence-corrected chi connectivity index (χ3v) is 3.23. The number of carbonyl (C=O) groups is 1. The maximum atomic E-state index is 12.2. The minimum absolute atomic E-state index is 0.278. The van der Waals surface area contributed by atoms with Gasteiger partial charge < -0.3 is 5.32 Å². The van der Waals surface area contributed by atoms with E-state index in [0.29, 0.717) is 22.4 Å². The van der Waals surface area contributed by atoms with Gasteiger partial charge in [-0.25, -0.2) is 9.50 Å². The number of amides is 1. The van der Waals surface area contributed by atoms with Crippen LogP contribution in [-0.2, 0) is 5.33 Å². The summed E-state index contributed by atoms with van der Waals surface area (Å²) in [5.41, 5.74) is 1.80. The molecule has 19 heavy (non-hydrogen) atoms. The fourth-order valence-electron chi connectivity index (χ4n) is 1.69. The second-order valence-corrected chi connectivity index (χ2v) is 4.36. The van der Waals surface area contributed by atoms with Gasteiger partial charge in [-0.1, -0.05) is 15.9 Å². The van der Waals surface area contributed by atoms with Crippen LogP contribution in [0.5, 0.6) is 0 Å². The van der Waals surface area contributed by atoms with Crippen LogP contribution in [0.3, 0.4) is 0 Å². The highest BCUT2D eigenvalue weighted by Crippen LogP contribution is 2.16. The third kappa shape index (κ3) is 2.10. The van der Waals surface area contributed by atoms with Gasteiger partial charge in [0.25, 0.3) is 5.91 Å². The molecule has 0 bridgehead atoms. The maximum Gasteiger partial charge on any atom is 0.262 e. The predicted octanol–water partition coefficient (Wildman–Crippen LogP) is 1.60. The van der Waals surface area contributed by atoms with Gasteiger partial charge >= 0.3 is 0 Å². The van der Waals surface area contributed by atoms with Gasteiger partial charge in [-0.05, 0) is 6.07 Å². The molecular weight excluding hydrogens is 312 g/mol. The fraction of sp³-hybridized carbons (Fsp3) is 0.0909. The standard InChI is InChI=1S/C11H9BrN6O/c12-4-7-5-14-17-9(7)16-11(19)8-6-15-18-3-1-2-13-10(8)18/h1-3,5-6H,4H2,(H2,14,16,17,19). The lowest BCUT2D eigenvalue weighted by molar-refractivity contribution is 0.102. The van der Waals surface area contributed by atoms with Gasteiger partial charge in [-0.15, -0.1) is 0 Å². The first-order valence-electron chi connectivity index (χ1n) is 5.47. The quantitative estimate of drug-likeness (QED) is 0.717. The van der Waals surface area contributed by atoms with Crippen molar-refractivity contribution in [1.29, 1.82) is 0 Å². The van der Waals surface area contributed by atoms with Gasteiger partial charge in [-0.2, -0.15) is 10.2 Å². The number of hydrogen-bond acceptors (Lipinski definition) is 4. The van der Waals surface area contributed by atoms with Gasteiger partial charge in [0.2, 0.25) is 0 Å². The lowest BCUT2D eigenvalue weighted by atomic mass is 10.3. The lowest BCUT2D eigenvalue weighted by Gasteiger charge is -2.02. The monoisotopic (exact) mass is 320 g/mol. The molecule has 3 aromatic heterocycles. The van der Waals surface area contributed by atoms with E-state index in [9.17, 15) is 4.79 Å². The number of nitrogens with zero attached hydrogens (tertiary/aromatic N) is 4. The van der Waals surface area contributed by atoms with Gasteiger partial charge in [-0.3, -0.25) is 9.89 Å². The largest absolute Gasteiger partial charge is 0.307 e. The Morgan fingerprint density at radius 2 is 2.37 bits per heavy atom. The highest BCUT2D eigenvalue weighted by Gasteiger charge is 2.15. The molecule has 0 aliphatic carbocycles. The highest BCUT2D eigenvalue weighted by atomic mass is 79.9. The number of aromatic nitrogens is 5. The zero-order valence-corrected chi connectivity index (χ0v) is 11.3. The van der Waals surface area contributed by atoms with Crippen molar-refractivity contribution in [3.63, 3.8) is 0 Å². The number of carbonyl (C=O) groups excluding carboxylic acids is 1. The molecule has 3 aromatic rings. The molecule has 8 heteroatoms. The molecular formula is C11H9BrN6O. The molecule has 96 valence electrons. The average molecular weight is 321 g/mol. The molecule has 3 heterocycles. The zero-order chi connectivity index (χ0) is 13.2. The number of halogens is 1. The van der Waals surface area contributed by atoms with E-state index in [1.807, 2.05) is 0 Å². The van der Waals surface area contributed by atoms with Crippen LogP contribution in [0.15, 0.2) is 30.9 Å². The Morgan fingerprint density at radius 3 is 3.21 bits per heavy atom. The van der Waals surface area contributed by atoms with Crippen LogP contribution in [0.25, 0.3) is 5.65 Å². The molecule has 0 atom stereocenters. The molecule has 0 aromatic carbocycles. The van der Waals surface area contributed by atoms with Crippen molar-refractivity contribution < 1.29 is 4.79 Å². The van der Waals surface area contributed by atoms with Crippen LogP contribution in [0.2, 0.25) is 0 Å². The van der Waals surface area contributed by atoms with E-state index in [-0.39, 0.29) is 5.91 Å². The van der Waals surface area contributed by atoms with Gasteiger partial charge in [0.1, 0.15) is 11.4 Å². The topological polar surface area (TPSA) is 88.0 Å². The number of alkyl halides is 1. The minimum Gasteiger partial charge on any atom is -0.307 e. The molecule has 7 nitrogen and oxygen atoms in total. The first kappa shape index (κ1) is 11.8. The van der Waals surface area contributed by atoms with Crippen molar-refractivity contribution in [3.05, 3.63) is 42.0 Å². The molecule has 0 aliphatic heterocycles. The van der Waals surface area contributed by atoms with Gasteiger partial charge in [0.15, 0.2) is 5.65 Å². The van der Waals surface area contributed by atoms with E-state index in [4.69, 9.17) is 0 Å². The summed E-state index contributed by atoms with van der Waals surface area (Å²) in [7, 11) is 0. The van der Waals surface area contributed by atoms with Crippen LogP contribution in [0.1, 0.15) is 15.9 Å². The normalized spacial score (nSPS) is 10.8. The molecule has 2 N–H and O–H groups in total. The SMILES string of the molecule is O=C(Nc1[nH]ncc1CBr)c1cnn2cccnc12. The van der Waals surface area contributed by atoms with E-state index in [1.165, 1.54) is 6.20 Å². The Balaban J connectivity index is 1.92. The van der Waals surface area contributed by atoms with E-state index in [2.05, 4.69) is 41.5 Å². The second kappa shape index (κ2) is 4.81. The summed E-state index contributed by atoms with van der Waals surface area (Å²) in [5, 5.41) is 14.1. The average Bonchev–Trinajstić information content (AvgIpc) is 3.04. The number of rotatable bonds is 3. The summed E-state index contributed by atoms with van der Waals surface area (Å²) >= 11 is 3.33. The predicted molar refractivity (Wildman–Crippen MR) is 72.2 cm³/mol. The molecule has 0 aliphatic rings. The van der Waals surface area contributed by atoms with E-state index < -0.39 is 0 Å². The Hall–Kier alpha value is -2.22. The minimum atomic E-state index is -0.278. The van der Waals surface area contributed by atoms with E-state index in [1.54, 1.807) is 29.2 Å². The Bertz CT molecular complexity index is 733. The fourth-order valence-corrected chi connectivity index (χ4v) is 2.11. The summed E-state index contributed by atoms with van der Waals surface area (Å²) < 4.78 is 1.55. The van der Waals surface area contributed by atoms with Crippen LogP contribution >= 0.6 is 15.9 Å². The van der Waals surface area contributed by atoms with Crippen molar-refractivity contribution >= 4 is 33.3 Å². The van der Waals surface area contributed by atoms with Crippen LogP contribution in [-0.4, -0.2) is 30.7 Å². The van der Waals surface area contributed by atoms with E-state index >= 15 is 0 Å². The number of hydrogen-bond donors (Lipinski definition) is 2. The summed E-state index contributed by atoms with van der Waals surface area (Å²) in [6.45, 7) is 0. The van der Waals surface area contributed by atoms with Crippen molar-refractivity contribution in [2.75, 3.05) is 5.32 Å².